The molecule has 0 amide bonds. The fourth-order valence-electron chi connectivity index (χ4n) is 4.05. The SMILES string of the molecule is CN(C)C1CCN(C2(CN)CCN(C3CC3)C2)CC1. The summed E-state index contributed by atoms with van der Waals surface area (Å²) in [4.78, 5) is 7.80. The molecule has 0 bridgehead atoms. The number of likely N-dealkylation sites (tertiary alicyclic amines) is 2. The van der Waals surface area contributed by atoms with Crippen molar-refractivity contribution in [2.75, 3.05) is 46.8 Å². The normalized spacial score (nSPS) is 35.4. The Kier molecular flexibility index (Phi) is 3.87. The highest BCUT2D eigenvalue weighted by molar-refractivity contribution is 5.04. The molecule has 2 heterocycles. The van der Waals surface area contributed by atoms with E-state index >= 15 is 0 Å². The maximum Gasteiger partial charge on any atom is 0.0470 e. The molecule has 19 heavy (non-hydrogen) atoms. The van der Waals surface area contributed by atoms with Gasteiger partial charge in [-0.05, 0) is 46.2 Å². The molecule has 0 aromatic carbocycles. The average Bonchev–Trinajstić information content (AvgIpc) is 3.19. The number of hydrogen-bond acceptors (Lipinski definition) is 4. The van der Waals surface area contributed by atoms with Gasteiger partial charge in [-0.15, -0.1) is 0 Å². The summed E-state index contributed by atoms with van der Waals surface area (Å²) in [7, 11) is 4.42. The van der Waals surface area contributed by atoms with Gasteiger partial charge < -0.3 is 10.6 Å². The summed E-state index contributed by atoms with van der Waals surface area (Å²) < 4.78 is 0. The van der Waals surface area contributed by atoms with Gasteiger partial charge in [0.25, 0.3) is 0 Å². The highest BCUT2D eigenvalue weighted by Crippen LogP contribution is 2.37. The van der Waals surface area contributed by atoms with Gasteiger partial charge in [-0.3, -0.25) is 9.80 Å². The lowest BCUT2D eigenvalue weighted by Gasteiger charge is -2.45. The van der Waals surface area contributed by atoms with Gasteiger partial charge in [0.2, 0.25) is 0 Å². The van der Waals surface area contributed by atoms with E-state index in [1.165, 1.54) is 58.3 Å². The first-order valence-corrected chi connectivity index (χ1v) is 8.00. The minimum absolute atomic E-state index is 0.292. The van der Waals surface area contributed by atoms with Gasteiger partial charge in [0.1, 0.15) is 0 Å². The van der Waals surface area contributed by atoms with Crippen LogP contribution in [0.4, 0.5) is 0 Å². The third-order valence-electron chi connectivity index (χ3n) is 5.67. The lowest BCUT2D eigenvalue weighted by atomic mass is 9.91. The molecule has 0 aromatic rings. The number of nitrogens with zero attached hydrogens (tertiary/aromatic N) is 3. The van der Waals surface area contributed by atoms with Crippen molar-refractivity contribution in [1.82, 2.24) is 14.7 Å². The molecule has 3 fully saturated rings. The number of hydrogen-bond donors (Lipinski definition) is 1. The Morgan fingerprint density at radius 2 is 1.79 bits per heavy atom. The van der Waals surface area contributed by atoms with E-state index < -0.39 is 0 Å². The van der Waals surface area contributed by atoms with Crippen LogP contribution < -0.4 is 5.73 Å². The molecule has 3 rings (SSSR count). The third kappa shape index (κ3) is 2.68. The molecule has 2 saturated heterocycles. The van der Waals surface area contributed by atoms with Crippen molar-refractivity contribution >= 4 is 0 Å². The highest BCUT2D eigenvalue weighted by Gasteiger charge is 2.46. The molecular weight excluding hydrogens is 236 g/mol. The van der Waals surface area contributed by atoms with Gasteiger partial charge in [-0.2, -0.15) is 0 Å². The Morgan fingerprint density at radius 1 is 1.11 bits per heavy atom. The van der Waals surface area contributed by atoms with E-state index in [1.807, 2.05) is 0 Å². The molecule has 0 radical (unpaired) electrons. The van der Waals surface area contributed by atoms with Gasteiger partial charge >= 0.3 is 0 Å². The molecule has 110 valence electrons. The van der Waals surface area contributed by atoms with Crippen LogP contribution in [0, 0.1) is 0 Å². The Hall–Kier alpha value is -0.160. The summed E-state index contributed by atoms with van der Waals surface area (Å²) in [5.41, 5.74) is 6.49. The van der Waals surface area contributed by atoms with Crippen LogP contribution in [0.25, 0.3) is 0 Å². The average molecular weight is 266 g/mol. The molecule has 4 nitrogen and oxygen atoms in total. The minimum Gasteiger partial charge on any atom is -0.329 e. The molecule has 1 atom stereocenters. The largest absolute Gasteiger partial charge is 0.329 e. The minimum atomic E-state index is 0.292. The Labute approximate surface area is 117 Å². The second-order valence-corrected chi connectivity index (χ2v) is 7.06. The van der Waals surface area contributed by atoms with Crippen LogP contribution in [0.15, 0.2) is 0 Å². The summed E-state index contributed by atoms with van der Waals surface area (Å²) >= 11 is 0. The fourth-order valence-corrected chi connectivity index (χ4v) is 4.05. The monoisotopic (exact) mass is 266 g/mol. The molecular formula is C15H30N4. The lowest BCUT2D eigenvalue weighted by molar-refractivity contribution is 0.0490. The van der Waals surface area contributed by atoms with Crippen LogP contribution in [0.1, 0.15) is 32.1 Å². The lowest BCUT2D eigenvalue weighted by Crippen LogP contribution is -2.59. The van der Waals surface area contributed by atoms with Gasteiger partial charge in [0.05, 0.1) is 0 Å². The summed E-state index contributed by atoms with van der Waals surface area (Å²) in [6.07, 6.45) is 6.73. The summed E-state index contributed by atoms with van der Waals surface area (Å²) in [6.45, 7) is 5.80. The Bertz CT molecular complexity index is 307. The van der Waals surface area contributed by atoms with E-state index in [9.17, 15) is 0 Å². The predicted molar refractivity (Wildman–Crippen MR) is 79.3 cm³/mol. The number of nitrogens with two attached hydrogens (primary N) is 1. The standard InChI is InChI=1S/C15H30N4/c1-17(2)13-5-8-19(9-6-13)15(11-16)7-10-18(12-15)14-3-4-14/h13-14H,3-12,16H2,1-2H3. The van der Waals surface area contributed by atoms with Crippen LogP contribution in [0.5, 0.6) is 0 Å². The summed E-state index contributed by atoms with van der Waals surface area (Å²) in [6, 6.07) is 1.67. The molecule has 2 aliphatic heterocycles. The van der Waals surface area contributed by atoms with E-state index in [1.54, 1.807) is 0 Å². The maximum absolute atomic E-state index is 6.20. The van der Waals surface area contributed by atoms with Gasteiger partial charge in [0.15, 0.2) is 0 Å². The molecule has 2 N–H and O–H groups in total. The second kappa shape index (κ2) is 5.32. The molecule has 0 aromatic heterocycles. The van der Waals surface area contributed by atoms with E-state index in [4.69, 9.17) is 5.73 Å². The zero-order chi connectivity index (χ0) is 13.5. The van der Waals surface area contributed by atoms with Crippen molar-refractivity contribution in [3.8, 4) is 0 Å². The first-order valence-electron chi connectivity index (χ1n) is 8.00. The smallest absolute Gasteiger partial charge is 0.0470 e. The predicted octanol–water partition coefficient (Wildman–Crippen LogP) is 0.578. The first kappa shape index (κ1) is 13.8. The maximum atomic E-state index is 6.20. The quantitative estimate of drug-likeness (QED) is 0.807. The van der Waals surface area contributed by atoms with Crippen molar-refractivity contribution in [3.05, 3.63) is 0 Å². The van der Waals surface area contributed by atoms with E-state index in [0.717, 1.165) is 18.6 Å². The fraction of sp³-hybridized carbons (Fsp3) is 1.00. The molecule has 1 saturated carbocycles. The first-order chi connectivity index (χ1) is 9.14. The second-order valence-electron chi connectivity index (χ2n) is 7.06. The van der Waals surface area contributed by atoms with Gasteiger partial charge in [0, 0.05) is 50.3 Å². The molecule has 1 aliphatic carbocycles. The topological polar surface area (TPSA) is 35.7 Å². The van der Waals surface area contributed by atoms with Crippen molar-refractivity contribution in [1.29, 1.82) is 0 Å². The zero-order valence-electron chi connectivity index (χ0n) is 12.6. The molecule has 3 aliphatic rings. The van der Waals surface area contributed by atoms with E-state index in [0.29, 0.717) is 5.54 Å². The Morgan fingerprint density at radius 3 is 2.32 bits per heavy atom. The number of piperidine rings is 1. The van der Waals surface area contributed by atoms with Crippen LogP contribution in [0.2, 0.25) is 0 Å². The third-order valence-corrected chi connectivity index (χ3v) is 5.67. The van der Waals surface area contributed by atoms with Crippen LogP contribution in [0.3, 0.4) is 0 Å². The molecule has 1 unspecified atom stereocenters. The molecule has 0 spiro atoms. The van der Waals surface area contributed by atoms with Crippen LogP contribution >= 0.6 is 0 Å². The van der Waals surface area contributed by atoms with Crippen molar-refractivity contribution in [2.45, 2.75) is 49.7 Å². The summed E-state index contributed by atoms with van der Waals surface area (Å²) in [5.74, 6) is 0. The van der Waals surface area contributed by atoms with E-state index in [2.05, 4.69) is 28.8 Å². The Balaban J connectivity index is 1.60. The van der Waals surface area contributed by atoms with Gasteiger partial charge in [-0.25, -0.2) is 0 Å². The zero-order valence-corrected chi connectivity index (χ0v) is 12.6. The van der Waals surface area contributed by atoms with Crippen LogP contribution in [-0.2, 0) is 0 Å². The van der Waals surface area contributed by atoms with Crippen molar-refractivity contribution in [3.63, 3.8) is 0 Å². The number of rotatable bonds is 4. The van der Waals surface area contributed by atoms with Crippen molar-refractivity contribution in [2.24, 2.45) is 5.73 Å². The van der Waals surface area contributed by atoms with Crippen LogP contribution in [-0.4, -0.2) is 79.1 Å². The van der Waals surface area contributed by atoms with E-state index in [-0.39, 0.29) is 0 Å². The molecule has 4 heteroatoms. The highest BCUT2D eigenvalue weighted by atomic mass is 15.3. The summed E-state index contributed by atoms with van der Waals surface area (Å²) in [5, 5.41) is 0. The van der Waals surface area contributed by atoms with Gasteiger partial charge in [-0.1, -0.05) is 0 Å². The van der Waals surface area contributed by atoms with Crippen molar-refractivity contribution < 1.29 is 0 Å².